The summed E-state index contributed by atoms with van der Waals surface area (Å²) in [7, 11) is 0. The van der Waals surface area contributed by atoms with Crippen molar-refractivity contribution in [3.05, 3.63) is 23.3 Å². The third kappa shape index (κ3) is 3.15. The molecule has 0 heterocycles. The van der Waals surface area contributed by atoms with E-state index < -0.39 is 0 Å². The fourth-order valence-electron chi connectivity index (χ4n) is 1.59. The summed E-state index contributed by atoms with van der Waals surface area (Å²) in [6, 6.07) is -0.146. The summed E-state index contributed by atoms with van der Waals surface area (Å²) in [6.45, 7) is 4.83. The summed E-state index contributed by atoms with van der Waals surface area (Å²) in [6.07, 6.45) is 3.09. The van der Waals surface area contributed by atoms with Crippen molar-refractivity contribution in [1.82, 2.24) is 5.32 Å². The number of rotatable bonds is 3. The fraction of sp³-hybridized carbons (Fsp3) is 0.417. The van der Waals surface area contributed by atoms with Crippen LogP contribution in [0.3, 0.4) is 0 Å². The molecular formula is C12H15NO3. The Kier molecular flexibility index (Phi) is 3.77. The highest BCUT2D eigenvalue weighted by atomic mass is 16.1. The zero-order valence-corrected chi connectivity index (χ0v) is 9.66. The first-order chi connectivity index (χ1) is 7.40. The van der Waals surface area contributed by atoms with Gasteiger partial charge in [-0.3, -0.25) is 14.4 Å². The minimum atomic E-state index is -0.146. The molecule has 0 unspecified atom stereocenters. The van der Waals surface area contributed by atoms with Crippen molar-refractivity contribution in [2.75, 3.05) is 0 Å². The molecule has 1 atom stereocenters. The van der Waals surface area contributed by atoms with E-state index in [1.54, 1.807) is 13.8 Å². The van der Waals surface area contributed by atoms with Gasteiger partial charge in [0.15, 0.2) is 11.6 Å². The summed E-state index contributed by atoms with van der Waals surface area (Å²) < 4.78 is 0. The van der Waals surface area contributed by atoms with E-state index in [2.05, 4.69) is 5.32 Å². The molecule has 4 nitrogen and oxygen atoms in total. The molecule has 1 rings (SSSR count). The van der Waals surface area contributed by atoms with Crippen molar-refractivity contribution in [2.24, 2.45) is 0 Å². The van der Waals surface area contributed by atoms with Gasteiger partial charge in [-0.25, -0.2) is 0 Å². The summed E-state index contributed by atoms with van der Waals surface area (Å²) in [4.78, 5) is 33.7. The maximum Gasteiger partial charge on any atom is 0.217 e. The second kappa shape index (κ2) is 4.88. The van der Waals surface area contributed by atoms with Crippen molar-refractivity contribution in [1.29, 1.82) is 0 Å². The van der Waals surface area contributed by atoms with Crippen LogP contribution in [-0.4, -0.2) is 23.5 Å². The monoisotopic (exact) mass is 221 g/mol. The van der Waals surface area contributed by atoms with E-state index in [9.17, 15) is 14.4 Å². The average Bonchev–Trinajstić information content (AvgIpc) is 2.12. The minimum absolute atomic E-state index is 0.135. The first kappa shape index (κ1) is 12.4. The van der Waals surface area contributed by atoms with Crippen LogP contribution in [0.2, 0.25) is 0 Å². The van der Waals surface area contributed by atoms with Gasteiger partial charge >= 0.3 is 0 Å². The lowest BCUT2D eigenvalue weighted by atomic mass is 9.94. The molecule has 1 amide bonds. The Morgan fingerprint density at radius 1 is 1.31 bits per heavy atom. The maximum absolute atomic E-state index is 11.6. The number of carbonyl (C=O) groups excluding carboxylic acids is 3. The molecule has 4 heteroatoms. The van der Waals surface area contributed by atoms with Crippen molar-refractivity contribution in [3.63, 3.8) is 0 Å². The van der Waals surface area contributed by atoms with E-state index in [1.807, 2.05) is 0 Å². The highest BCUT2D eigenvalue weighted by Gasteiger charge is 2.19. The molecule has 0 saturated carbocycles. The van der Waals surface area contributed by atoms with Crippen LogP contribution < -0.4 is 5.32 Å². The molecule has 0 aromatic carbocycles. The lowest BCUT2D eigenvalue weighted by Crippen LogP contribution is -2.31. The third-order valence-electron chi connectivity index (χ3n) is 2.33. The van der Waals surface area contributed by atoms with Crippen LogP contribution in [0.15, 0.2) is 23.3 Å². The first-order valence-electron chi connectivity index (χ1n) is 5.14. The van der Waals surface area contributed by atoms with Crippen molar-refractivity contribution in [2.45, 2.75) is 33.2 Å². The molecule has 0 bridgehead atoms. The average molecular weight is 221 g/mol. The van der Waals surface area contributed by atoms with Crippen LogP contribution in [0, 0.1) is 0 Å². The molecule has 1 aliphatic rings. The Morgan fingerprint density at radius 3 is 2.50 bits per heavy atom. The SMILES string of the molecule is CC(=O)N[C@@H](C)CC1=CC(=O)C(C)=CC1=O. The molecule has 16 heavy (non-hydrogen) atoms. The van der Waals surface area contributed by atoms with Crippen LogP contribution in [0.4, 0.5) is 0 Å². The van der Waals surface area contributed by atoms with Gasteiger partial charge in [-0.2, -0.15) is 0 Å². The second-order valence-electron chi connectivity index (χ2n) is 4.03. The number of nitrogens with one attached hydrogen (secondary N) is 1. The zero-order chi connectivity index (χ0) is 12.3. The van der Waals surface area contributed by atoms with Crippen LogP contribution in [0.25, 0.3) is 0 Å². The van der Waals surface area contributed by atoms with Gasteiger partial charge in [0.25, 0.3) is 0 Å². The summed E-state index contributed by atoms with van der Waals surface area (Å²) in [5.74, 6) is -0.423. The molecule has 0 saturated heterocycles. The van der Waals surface area contributed by atoms with E-state index in [0.717, 1.165) is 0 Å². The zero-order valence-electron chi connectivity index (χ0n) is 9.66. The van der Waals surface area contributed by atoms with Gasteiger partial charge in [0.05, 0.1) is 0 Å². The third-order valence-corrected chi connectivity index (χ3v) is 2.33. The van der Waals surface area contributed by atoms with Crippen LogP contribution in [-0.2, 0) is 14.4 Å². The molecule has 1 aliphatic carbocycles. The van der Waals surface area contributed by atoms with Gasteiger partial charge in [-0.1, -0.05) is 0 Å². The molecule has 0 spiro atoms. The van der Waals surface area contributed by atoms with Crippen molar-refractivity contribution < 1.29 is 14.4 Å². The van der Waals surface area contributed by atoms with Gasteiger partial charge in [0.1, 0.15) is 0 Å². The number of hydrogen-bond donors (Lipinski definition) is 1. The Morgan fingerprint density at radius 2 is 1.94 bits per heavy atom. The number of carbonyl (C=O) groups is 3. The molecule has 0 aromatic heterocycles. The van der Waals surface area contributed by atoms with E-state index in [4.69, 9.17) is 0 Å². The van der Waals surface area contributed by atoms with Gasteiger partial charge in [-0.15, -0.1) is 0 Å². The van der Waals surface area contributed by atoms with Gasteiger partial charge in [-0.05, 0) is 32.4 Å². The van der Waals surface area contributed by atoms with Gasteiger partial charge in [0, 0.05) is 24.1 Å². The molecular weight excluding hydrogens is 206 g/mol. The predicted octanol–water partition coefficient (Wildman–Crippen LogP) is 0.926. The van der Waals surface area contributed by atoms with Crippen LogP contribution in [0.5, 0.6) is 0 Å². The molecule has 0 radical (unpaired) electrons. The Balaban J connectivity index is 2.69. The summed E-state index contributed by atoms with van der Waals surface area (Å²) >= 11 is 0. The molecule has 86 valence electrons. The smallest absolute Gasteiger partial charge is 0.217 e. The van der Waals surface area contributed by atoms with Gasteiger partial charge in [0.2, 0.25) is 5.91 Å². The summed E-state index contributed by atoms with van der Waals surface area (Å²) in [5.41, 5.74) is 0.915. The van der Waals surface area contributed by atoms with Crippen molar-refractivity contribution >= 4 is 17.5 Å². The normalized spacial score (nSPS) is 17.7. The van der Waals surface area contributed by atoms with Crippen molar-refractivity contribution in [3.8, 4) is 0 Å². The quantitative estimate of drug-likeness (QED) is 0.721. The van der Waals surface area contributed by atoms with E-state index in [0.29, 0.717) is 17.6 Å². The second-order valence-corrected chi connectivity index (χ2v) is 4.03. The molecule has 0 aromatic rings. The lowest BCUT2D eigenvalue weighted by molar-refractivity contribution is -0.119. The Hall–Kier alpha value is -1.71. The highest BCUT2D eigenvalue weighted by molar-refractivity contribution is 6.19. The largest absolute Gasteiger partial charge is 0.354 e. The fourth-order valence-corrected chi connectivity index (χ4v) is 1.59. The minimum Gasteiger partial charge on any atom is -0.354 e. The number of amides is 1. The van der Waals surface area contributed by atoms with E-state index in [1.165, 1.54) is 19.1 Å². The number of hydrogen-bond acceptors (Lipinski definition) is 3. The highest BCUT2D eigenvalue weighted by Crippen LogP contribution is 2.15. The topological polar surface area (TPSA) is 63.2 Å². The Bertz CT molecular complexity index is 404. The standard InChI is InChI=1S/C12H15NO3/c1-7-4-12(16)10(6-11(7)15)5-8(2)13-9(3)14/h4,6,8H,5H2,1-3H3,(H,13,14)/t8-/m0/s1. The maximum atomic E-state index is 11.6. The van der Waals surface area contributed by atoms with E-state index >= 15 is 0 Å². The first-order valence-corrected chi connectivity index (χ1v) is 5.14. The van der Waals surface area contributed by atoms with E-state index in [-0.39, 0.29) is 23.5 Å². The Labute approximate surface area is 94.4 Å². The predicted molar refractivity (Wildman–Crippen MR) is 59.7 cm³/mol. The van der Waals surface area contributed by atoms with Gasteiger partial charge < -0.3 is 5.32 Å². The lowest BCUT2D eigenvalue weighted by Gasteiger charge is -2.15. The molecule has 1 N–H and O–H groups in total. The molecule has 0 aliphatic heterocycles. The van der Waals surface area contributed by atoms with Crippen LogP contribution in [0.1, 0.15) is 27.2 Å². The summed E-state index contributed by atoms with van der Waals surface area (Å²) in [5, 5.41) is 2.67. The molecule has 0 fully saturated rings. The number of allylic oxidation sites excluding steroid dienone is 3. The van der Waals surface area contributed by atoms with Crippen LogP contribution >= 0.6 is 0 Å². The number of ketones is 2.